The average Bonchev–Trinajstić information content (AvgIpc) is 2.33. The summed E-state index contributed by atoms with van der Waals surface area (Å²) < 4.78 is 1.85. The molecule has 88 valence electrons. The van der Waals surface area contributed by atoms with E-state index in [-0.39, 0.29) is 11.3 Å². The number of aromatic nitrogens is 1. The number of hydrogen-bond acceptors (Lipinski definition) is 2. The molecular weight excluding hydrogens is 216 g/mol. The van der Waals surface area contributed by atoms with Crippen molar-refractivity contribution in [2.75, 3.05) is 11.9 Å². The van der Waals surface area contributed by atoms with Crippen LogP contribution < -0.4 is 10.3 Å². The number of hydrogen-bond donors (Lipinski definition) is 0. The minimum absolute atomic E-state index is 0.114. The molecule has 1 aromatic heterocycles. The number of benzene rings is 1. The fraction of sp³-hybridized carbons (Fsp3) is 0.231. The highest BCUT2D eigenvalue weighted by atomic mass is 16.2. The van der Waals surface area contributed by atoms with Crippen LogP contribution in [-0.4, -0.2) is 17.5 Å². The van der Waals surface area contributed by atoms with Crippen molar-refractivity contribution in [1.29, 1.82) is 0 Å². The Balaban J connectivity index is 2.80. The number of aryl methyl sites for hydroxylation is 1. The number of nitrogens with zero attached hydrogens (tertiary/aromatic N) is 2. The molecule has 0 aliphatic rings. The quantitative estimate of drug-likeness (QED) is 0.745. The smallest absolute Gasteiger partial charge is 0.223 e. The molecule has 1 heterocycles. The lowest BCUT2D eigenvalue weighted by atomic mass is 10.2. The lowest BCUT2D eigenvalue weighted by Gasteiger charge is -2.16. The van der Waals surface area contributed by atoms with Crippen molar-refractivity contribution in [1.82, 2.24) is 4.57 Å². The lowest BCUT2D eigenvalue weighted by Crippen LogP contribution is -2.29. The standard InChI is InChI=1S/C13H14N2O2/c1-9(16)15(3)12-8-14(2)11-7-5-4-6-10(11)13(12)17/h4-8H,1-3H3. The fourth-order valence-electron chi connectivity index (χ4n) is 1.83. The van der Waals surface area contributed by atoms with Crippen molar-refractivity contribution >= 4 is 22.5 Å². The molecule has 0 fully saturated rings. The van der Waals surface area contributed by atoms with E-state index in [2.05, 4.69) is 0 Å². The van der Waals surface area contributed by atoms with Gasteiger partial charge in [0.2, 0.25) is 11.3 Å². The van der Waals surface area contributed by atoms with Crippen LogP contribution in [0.25, 0.3) is 10.9 Å². The SMILES string of the molecule is CC(=O)N(C)c1cn(C)c2ccccc2c1=O. The van der Waals surface area contributed by atoms with Crippen LogP contribution in [0.15, 0.2) is 35.3 Å². The minimum Gasteiger partial charge on any atom is -0.348 e. The fourth-order valence-corrected chi connectivity index (χ4v) is 1.83. The highest BCUT2D eigenvalue weighted by Crippen LogP contribution is 2.14. The van der Waals surface area contributed by atoms with Crippen molar-refractivity contribution in [2.45, 2.75) is 6.92 Å². The summed E-state index contributed by atoms with van der Waals surface area (Å²) in [5.41, 5.74) is 1.15. The van der Waals surface area contributed by atoms with Crippen LogP contribution in [0.4, 0.5) is 5.69 Å². The molecule has 0 saturated heterocycles. The molecule has 4 nitrogen and oxygen atoms in total. The van der Waals surface area contributed by atoms with E-state index in [1.54, 1.807) is 19.3 Å². The first-order valence-electron chi connectivity index (χ1n) is 5.35. The number of pyridine rings is 1. The van der Waals surface area contributed by atoms with Crippen LogP contribution in [0, 0.1) is 0 Å². The Morgan fingerprint density at radius 1 is 1.29 bits per heavy atom. The summed E-state index contributed by atoms with van der Waals surface area (Å²) in [5, 5.41) is 0.626. The molecule has 0 spiro atoms. The van der Waals surface area contributed by atoms with Gasteiger partial charge in [0.15, 0.2) is 0 Å². The molecule has 0 unspecified atom stereocenters. The minimum atomic E-state index is -0.155. The van der Waals surface area contributed by atoms with Crippen molar-refractivity contribution in [3.8, 4) is 0 Å². The number of anilines is 1. The Labute approximate surface area is 99.1 Å². The normalized spacial score (nSPS) is 10.5. The summed E-state index contributed by atoms with van der Waals surface area (Å²) in [6.45, 7) is 1.44. The zero-order valence-corrected chi connectivity index (χ0v) is 10.1. The number of rotatable bonds is 1. The first-order valence-corrected chi connectivity index (χ1v) is 5.35. The highest BCUT2D eigenvalue weighted by Gasteiger charge is 2.13. The second-order valence-electron chi connectivity index (χ2n) is 4.05. The molecule has 4 heteroatoms. The molecule has 0 bridgehead atoms. The summed E-state index contributed by atoms with van der Waals surface area (Å²) in [6.07, 6.45) is 1.69. The summed E-state index contributed by atoms with van der Waals surface area (Å²) in [4.78, 5) is 24.9. The second-order valence-corrected chi connectivity index (χ2v) is 4.05. The predicted octanol–water partition coefficient (Wildman–Crippen LogP) is 1.52. The van der Waals surface area contributed by atoms with E-state index >= 15 is 0 Å². The van der Waals surface area contributed by atoms with Gasteiger partial charge >= 0.3 is 0 Å². The van der Waals surface area contributed by atoms with Gasteiger partial charge in [-0.3, -0.25) is 9.59 Å². The van der Waals surface area contributed by atoms with Gasteiger partial charge in [-0.05, 0) is 12.1 Å². The van der Waals surface area contributed by atoms with E-state index < -0.39 is 0 Å². The van der Waals surface area contributed by atoms with Crippen LogP contribution in [0.3, 0.4) is 0 Å². The van der Waals surface area contributed by atoms with Gasteiger partial charge in [-0.25, -0.2) is 0 Å². The Kier molecular flexibility index (Phi) is 2.71. The maximum absolute atomic E-state index is 12.2. The Morgan fingerprint density at radius 3 is 2.59 bits per heavy atom. The maximum atomic E-state index is 12.2. The number of amides is 1. The zero-order valence-electron chi connectivity index (χ0n) is 10.1. The molecule has 1 amide bonds. The lowest BCUT2D eigenvalue weighted by molar-refractivity contribution is -0.116. The van der Waals surface area contributed by atoms with Crippen molar-refractivity contribution in [2.24, 2.45) is 7.05 Å². The summed E-state index contributed by atoms with van der Waals surface area (Å²) in [6, 6.07) is 7.36. The molecule has 0 aliphatic carbocycles. The van der Waals surface area contributed by atoms with Gasteiger partial charge < -0.3 is 9.47 Å². The molecule has 0 saturated carbocycles. The highest BCUT2D eigenvalue weighted by molar-refractivity contribution is 5.93. The van der Waals surface area contributed by atoms with Crippen molar-refractivity contribution in [3.05, 3.63) is 40.7 Å². The zero-order chi connectivity index (χ0) is 12.6. The summed E-state index contributed by atoms with van der Waals surface area (Å²) >= 11 is 0. The predicted molar refractivity (Wildman–Crippen MR) is 68.3 cm³/mol. The third kappa shape index (κ3) is 1.82. The largest absolute Gasteiger partial charge is 0.348 e. The molecule has 1 aromatic carbocycles. The first-order chi connectivity index (χ1) is 8.02. The number of fused-ring (bicyclic) bond motifs is 1. The van der Waals surface area contributed by atoms with Gasteiger partial charge in [0.05, 0.1) is 5.52 Å². The van der Waals surface area contributed by atoms with Gasteiger partial charge in [0.25, 0.3) is 0 Å². The maximum Gasteiger partial charge on any atom is 0.223 e. The number of carbonyl (C=O) groups is 1. The second kappa shape index (κ2) is 4.05. The molecule has 0 radical (unpaired) electrons. The van der Waals surface area contributed by atoms with Gasteiger partial charge in [-0.1, -0.05) is 12.1 Å². The first kappa shape index (κ1) is 11.4. The van der Waals surface area contributed by atoms with Crippen LogP contribution in [0.1, 0.15) is 6.92 Å². The average molecular weight is 230 g/mol. The van der Waals surface area contributed by atoms with E-state index in [0.717, 1.165) is 5.52 Å². The van der Waals surface area contributed by atoms with E-state index in [9.17, 15) is 9.59 Å². The molecular formula is C13H14N2O2. The molecule has 0 aliphatic heterocycles. The van der Waals surface area contributed by atoms with Gasteiger partial charge in [-0.2, -0.15) is 0 Å². The Bertz CT molecular complexity index is 643. The topological polar surface area (TPSA) is 42.3 Å². The summed E-state index contributed by atoms with van der Waals surface area (Å²) in [5.74, 6) is -0.155. The number of carbonyl (C=O) groups excluding carboxylic acids is 1. The third-order valence-corrected chi connectivity index (χ3v) is 2.91. The van der Waals surface area contributed by atoms with Gasteiger partial charge in [-0.15, -0.1) is 0 Å². The van der Waals surface area contributed by atoms with Crippen LogP contribution in [0.5, 0.6) is 0 Å². The molecule has 2 rings (SSSR count). The number of para-hydroxylation sites is 1. The van der Waals surface area contributed by atoms with Crippen LogP contribution >= 0.6 is 0 Å². The van der Waals surface area contributed by atoms with E-state index in [1.165, 1.54) is 11.8 Å². The molecule has 17 heavy (non-hydrogen) atoms. The van der Waals surface area contributed by atoms with Crippen LogP contribution in [-0.2, 0) is 11.8 Å². The van der Waals surface area contributed by atoms with Crippen molar-refractivity contribution in [3.63, 3.8) is 0 Å². The third-order valence-electron chi connectivity index (χ3n) is 2.91. The molecule has 0 N–H and O–H groups in total. The van der Waals surface area contributed by atoms with Crippen molar-refractivity contribution < 1.29 is 4.79 Å². The molecule has 2 aromatic rings. The molecule has 0 atom stereocenters. The Hall–Kier alpha value is -2.10. The van der Waals surface area contributed by atoms with E-state index in [0.29, 0.717) is 11.1 Å². The Morgan fingerprint density at radius 2 is 1.94 bits per heavy atom. The summed E-state index contributed by atoms with van der Waals surface area (Å²) in [7, 11) is 3.47. The van der Waals surface area contributed by atoms with Gasteiger partial charge in [0.1, 0.15) is 5.69 Å². The van der Waals surface area contributed by atoms with Gasteiger partial charge in [0, 0.05) is 32.6 Å². The van der Waals surface area contributed by atoms with E-state index in [1.807, 2.05) is 29.8 Å². The monoisotopic (exact) mass is 230 g/mol. The van der Waals surface area contributed by atoms with Crippen LogP contribution in [0.2, 0.25) is 0 Å². The van der Waals surface area contributed by atoms with E-state index in [4.69, 9.17) is 0 Å².